The van der Waals surface area contributed by atoms with E-state index in [1.807, 2.05) is 6.07 Å². The van der Waals surface area contributed by atoms with Crippen molar-refractivity contribution >= 4 is 34.2 Å². The first-order chi connectivity index (χ1) is 11.5. The number of aromatic nitrogens is 4. The van der Waals surface area contributed by atoms with Gasteiger partial charge in [0.25, 0.3) is 5.91 Å². The van der Waals surface area contributed by atoms with Crippen molar-refractivity contribution in [1.82, 2.24) is 19.6 Å². The molecule has 0 unspecified atom stereocenters. The second-order valence-electron chi connectivity index (χ2n) is 5.80. The van der Waals surface area contributed by atoms with Gasteiger partial charge < -0.3 is 11.1 Å². The molecular formula is C16H18N6O2. The Bertz CT molecular complexity index is 908. The molecule has 0 atom stereocenters. The van der Waals surface area contributed by atoms with E-state index in [9.17, 15) is 9.59 Å². The van der Waals surface area contributed by atoms with E-state index in [1.165, 1.54) is 15.4 Å². The van der Waals surface area contributed by atoms with Crippen LogP contribution in [0, 0.1) is 5.92 Å². The Balaban J connectivity index is 1.76. The van der Waals surface area contributed by atoms with Crippen LogP contribution >= 0.6 is 0 Å². The number of hydrogen-bond donors (Lipinski definition) is 2. The van der Waals surface area contributed by atoms with Crippen LogP contribution < -0.4 is 11.1 Å². The van der Waals surface area contributed by atoms with Crippen molar-refractivity contribution < 1.29 is 9.59 Å². The fourth-order valence-corrected chi connectivity index (χ4v) is 2.33. The van der Waals surface area contributed by atoms with Gasteiger partial charge in [0.15, 0.2) is 5.82 Å². The van der Waals surface area contributed by atoms with Gasteiger partial charge in [-0.3, -0.25) is 14.2 Å². The van der Waals surface area contributed by atoms with Crippen LogP contribution in [0.3, 0.4) is 0 Å². The van der Waals surface area contributed by atoms with E-state index < -0.39 is 0 Å². The minimum atomic E-state index is -0.178. The highest BCUT2D eigenvalue weighted by atomic mass is 16.2. The van der Waals surface area contributed by atoms with Gasteiger partial charge >= 0.3 is 0 Å². The number of carbonyl (C=O) groups excluding carboxylic acids is 2. The van der Waals surface area contributed by atoms with E-state index in [4.69, 9.17) is 5.73 Å². The molecule has 1 amide bonds. The van der Waals surface area contributed by atoms with Gasteiger partial charge in [0, 0.05) is 23.2 Å². The van der Waals surface area contributed by atoms with Crippen molar-refractivity contribution in [2.75, 3.05) is 11.1 Å². The lowest BCUT2D eigenvalue weighted by Gasteiger charge is -2.05. The zero-order valence-corrected chi connectivity index (χ0v) is 13.4. The lowest BCUT2D eigenvalue weighted by Crippen LogP contribution is -2.18. The summed E-state index contributed by atoms with van der Waals surface area (Å²) in [5.41, 5.74) is 7.27. The summed E-state index contributed by atoms with van der Waals surface area (Å²) in [6.45, 7) is 3.57. The standard InChI is InChI=1S/C16H18N6O2/c1-10(2)16(24)18-14-8-21(20-19-14)9-15(23)22-7-6-11-12(17)4-3-5-13(11)22/h3-8,10H,9,17H2,1-2H3,(H,18,24). The maximum Gasteiger partial charge on any atom is 0.252 e. The predicted molar refractivity (Wildman–Crippen MR) is 90.5 cm³/mol. The molecule has 0 aliphatic carbocycles. The average molecular weight is 326 g/mol. The molecule has 3 aromatic rings. The quantitative estimate of drug-likeness (QED) is 0.710. The van der Waals surface area contributed by atoms with E-state index in [0.717, 1.165) is 10.9 Å². The van der Waals surface area contributed by atoms with Gasteiger partial charge in [0.05, 0.1) is 11.7 Å². The molecule has 3 rings (SSSR count). The maximum absolute atomic E-state index is 12.5. The van der Waals surface area contributed by atoms with Crippen LogP contribution in [-0.4, -0.2) is 31.4 Å². The molecule has 0 spiro atoms. The Morgan fingerprint density at radius 3 is 2.83 bits per heavy atom. The fourth-order valence-electron chi connectivity index (χ4n) is 2.33. The molecular weight excluding hydrogens is 308 g/mol. The van der Waals surface area contributed by atoms with Crippen LogP contribution in [0.2, 0.25) is 0 Å². The minimum absolute atomic E-state index is 0.00310. The second-order valence-corrected chi connectivity index (χ2v) is 5.80. The van der Waals surface area contributed by atoms with Crippen LogP contribution in [0.5, 0.6) is 0 Å². The maximum atomic E-state index is 12.5. The SMILES string of the molecule is CC(C)C(=O)Nc1cn(CC(=O)n2ccc3c(N)cccc32)nn1. The molecule has 0 bridgehead atoms. The lowest BCUT2D eigenvalue weighted by atomic mass is 10.2. The van der Waals surface area contributed by atoms with Crippen molar-refractivity contribution in [3.63, 3.8) is 0 Å². The molecule has 24 heavy (non-hydrogen) atoms. The van der Waals surface area contributed by atoms with Crippen LogP contribution in [0.25, 0.3) is 10.9 Å². The van der Waals surface area contributed by atoms with Crippen LogP contribution in [0.1, 0.15) is 18.6 Å². The van der Waals surface area contributed by atoms with Gasteiger partial charge in [-0.25, -0.2) is 4.68 Å². The highest BCUT2D eigenvalue weighted by Crippen LogP contribution is 2.21. The minimum Gasteiger partial charge on any atom is -0.398 e. The Morgan fingerprint density at radius 1 is 1.29 bits per heavy atom. The smallest absolute Gasteiger partial charge is 0.252 e. The number of benzene rings is 1. The van der Waals surface area contributed by atoms with Crippen molar-refractivity contribution in [2.24, 2.45) is 5.92 Å². The van der Waals surface area contributed by atoms with Gasteiger partial charge in [0.2, 0.25) is 5.91 Å². The molecule has 1 aromatic carbocycles. The summed E-state index contributed by atoms with van der Waals surface area (Å²) >= 11 is 0. The molecule has 0 aliphatic heterocycles. The predicted octanol–water partition coefficient (Wildman–Crippen LogP) is 1.75. The van der Waals surface area contributed by atoms with Crippen LogP contribution in [0.4, 0.5) is 11.5 Å². The topological polar surface area (TPSA) is 108 Å². The van der Waals surface area contributed by atoms with E-state index in [2.05, 4.69) is 15.6 Å². The second kappa shape index (κ2) is 6.15. The molecule has 8 heteroatoms. The van der Waals surface area contributed by atoms with Gasteiger partial charge in [-0.1, -0.05) is 25.1 Å². The lowest BCUT2D eigenvalue weighted by molar-refractivity contribution is -0.118. The van der Waals surface area contributed by atoms with Crippen molar-refractivity contribution in [2.45, 2.75) is 20.4 Å². The number of nitrogen functional groups attached to an aromatic ring is 1. The normalized spacial score (nSPS) is 11.1. The van der Waals surface area contributed by atoms with E-state index in [0.29, 0.717) is 11.5 Å². The third kappa shape index (κ3) is 2.98. The van der Waals surface area contributed by atoms with Crippen molar-refractivity contribution in [1.29, 1.82) is 0 Å². The third-order valence-electron chi connectivity index (χ3n) is 3.65. The summed E-state index contributed by atoms with van der Waals surface area (Å²) in [5.74, 6) is -0.168. The molecule has 0 radical (unpaired) electrons. The number of fused-ring (bicyclic) bond motifs is 1. The Kier molecular flexibility index (Phi) is 4.03. The first kappa shape index (κ1) is 15.7. The number of amides is 1. The molecule has 0 saturated heterocycles. The number of nitrogens with zero attached hydrogens (tertiary/aromatic N) is 4. The zero-order valence-electron chi connectivity index (χ0n) is 13.4. The highest BCUT2D eigenvalue weighted by molar-refractivity contribution is 5.98. The first-order valence-electron chi connectivity index (χ1n) is 7.55. The average Bonchev–Trinajstić information content (AvgIpc) is 3.14. The van der Waals surface area contributed by atoms with E-state index in [1.54, 1.807) is 38.2 Å². The largest absolute Gasteiger partial charge is 0.398 e. The summed E-state index contributed by atoms with van der Waals surface area (Å²) < 4.78 is 2.91. The molecule has 0 aliphatic rings. The van der Waals surface area contributed by atoms with Crippen molar-refractivity contribution in [3.05, 3.63) is 36.7 Å². The molecule has 2 aromatic heterocycles. The fraction of sp³-hybridized carbons (Fsp3) is 0.250. The van der Waals surface area contributed by atoms with E-state index >= 15 is 0 Å². The number of nitrogens with one attached hydrogen (secondary N) is 1. The molecule has 124 valence electrons. The number of nitrogens with two attached hydrogens (primary N) is 1. The Labute approximate surface area is 138 Å². The van der Waals surface area contributed by atoms with Gasteiger partial charge in [-0.05, 0) is 18.2 Å². The molecule has 0 fully saturated rings. The monoisotopic (exact) mass is 326 g/mol. The van der Waals surface area contributed by atoms with Crippen molar-refractivity contribution in [3.8, 4) is 0 Å². The molecule has 3 N–H and O–H groups in total. The molecule has 0 saturated carbocycles. The summed E-state index contributed by atoms with van der Waals surface area (Å²) in [7, 11) is 0. The summed E-state index contributed by atoms with van der Waals surface area (Å²) in [6.07, 6.45) is 3.21. The number of rotatable bonds is 4. The highest BCUT2D eigenvalue weighted by Gasteiger charge is 2.13. The molecule has 2 heterocycles. The zero-order chi connectivity index (χ0) is 17.3. The number of carbonyl (C=O) groups is 2. The van der Waals surface area contributed by atoms with Crippen LogP contribution in [-0.2, 0) is 11.3 Å². The van der Waals surface area contributed by atoms with Gasteiger partial charge in [-0.2, -0.15) is 0 Å². The summed E-state index contributed by atoms with van der Waals surface area (Å²) in [6, 6.07) is 7.23. The summed E-state index contributed by atoms with van der Waals surface area (Å²) in [4.78, 5) is 24.1. The van der Waals surface area contributed by atoms with Crippen LogP contribution in [0.15, 0.2) is 36.7 Å². The van der Waals surface area contributed by atoms with Gasteiger partial charge in [-0.15, -0.1) is 5.10 Å². The molecule has 8 nitrogen and oxygen atoms in total. The third-order valence-corrected chi connectivity index (χ3v) is 3.65. The Morgan fingerprint density at radius 2 is 2.08 bits per heavy atom. The number of anilines is 2. The first-order valence-corrected chi connectivity index (χ1v) is 7.55. The van der Waals surface area contributed by atoms with Gasteiger partial charge in [0.1, 0.15) is 6.54 Å². The van der Waals surface area contributed by atoms with E-state index in [-0.39, 0.29) is 24.3 Å². The Hall–Kier alpha value is -3.16. The summed E-state index contributed by atoms with van der Waals surface area (Å²) in [5, 5.41) is 11.2. The number of hydrogen-bond acceptors (Lipinski definition) is 5.